The van der Waals surface area contributed by atoms with Gasteiger partial charge in [-0.3, -0.25) is 14.9 Å². The van der Waals surface area contributed by atoms with E-state index in [-0.39, 0.29) is 23.8 Å². The highest BCUT2D eigenvalue weighted by atomic mass is 79.9. The van der Waals surface area contributed by atoms with Gasteiger partial charge in [-0.1, -0.05) is 12.1 Å². The molecule has 1 aromatic heterocycles. The lowest BCUT2D eigenvalue weighted by atomic mass is 10.2. The average molecular weight is 473 g/mol. The smallest absolute Gasteiger partial charge is 0.289 e. The third-order valence-electron chi connectivity index (χ3n) is 3.83. The van der Waals surface area contributed by atoms with Crippen LogP contribution in [0.15, 0.2) is 70.4 Å². The second-order valence-corrected chi connectivity index (χ2v) is 6.82. The number of aromatic nitrogens is 1. The monoisotopic (exact) mass is 472 g/mol. The Morgan fingerprint density at radius 2 is 2.00 bits per heavy atom. The zero-order valence-electron chi connectivity index (χ0n) is 15.3. The lowest BCUT2D eigenvalue weighted by molar-refractivity contribution is -0.385. The fourth-order valence-corrected chi connectivity index (χ4v) is 2.82. The number of carbonyl (C=O) groups is 1. The number of rotatable bonds is 7. The molecular formula is C20H14BrFN4O4. The summed E-state index contributed by atoms with van der Waals surface area (Å²) in [5.41, 5.74) is 3.62. The minimum Gasteiger partial charge on any atom is -0.488 e. The number of ether oxygens (including phenoxy) is 1. The Balaban J connectivity index is 1.56. The Kier molecular flexibility index (Phi) is 6.81. The van der Waals surface area contributed by atoms with Crippen molar-refractivity contribution in [1.82, 2.24) is 10.4 Å². The molecule has 0 bridgehead atoms. The second kappa shape index (κ2) is 9.70. The van der Waals surface area contributed by atoms with Crippen molar-refractivity contribution in [2.45, 2.75) is 6.61 Å². The second-order valence-electron chi connectivity index (χ2n) is 5.96. The number of hydrogen-bond acceptors (Lipinski definition) is 6. The first-order chi connectivity index (χ1) is 14.4. The molecule has 3 rings (SSSR count). The van der Waals surface area contributed by atoms with Crippen LogP contribution < -0.4 is 10.2 Å². The van der Waals surface area contributed by atoms with E-state index in [1.807, 2.05) is 0 Å². The molecule has 0 unspecified atom stereocenters. The van der Waals surface area contributed by atoms with Gasteiger partial charge < -0.3 is 4.74 Å². The van der Waals surface area contributed by atoms with Gasteiger partial charge >= 0.3 is 0 Å². The maximum absolute atomic E-state index is 12.9. The molecule has 0 atom stereocenters. The van der Waals surface area contributed by atoms with Crippen molar-refractivity contribution in [2.75, 3.05) is 0 Å². The van der Waals surface area contributed by atoms with Crippen LogP contribution in [0.4, 0.5) is 10.1 Å². The predicted molar refractivity (Wildman–Crippen MR) is 111 cm³/mol. The molecule has 0 fully saturated rings. The standard InChI is InChI=1S/C20H14BrFN4O4/c21-17-9-14(3-8-19(17)30-12-13-1-4-15(22)5-2-13)10-24-25-20(27)18-7-6-16(11-23-18)26(28)29/h1-11H,12H2,(H,25,27)/b24-10+. The van der Waals surface area contributed by atoms with Crippen molar-refractivity contribution >= 4 is 33.7 Å². The van der Waals surface area contributed by atoms with Crippen molar-refractivity contribution in [3.8, 4) is 5.75 Å². The number of hydrazone groups is 1. The van der Waals surface area contributed by atoms with Crippen LogP contribution in [0.5, 0.6) is 5.75 Å². The fraction of sp³-hybridized carbons (Fsp3) is 0.0500. The van der Waals surface area contributed by atoms with E-state index in [9.17, 15) is 19.3 Å². The third-order valence-corrected chi connectivity index (χ3v) is 4.45. The Morgan fingerprint density at radius 3 is 2.63 bits per heavy atom. The summed E-state index contributed by atoms with van der Waals surface area (Å²) in [5.74, 6) is -0.310. The highest BCUT2D eigenvalue weighted by Crippen LogP contribution is 2.26. The molecule has 0 saturated carbocycles. The van der Waals surface area contributed by atoms with Crippen LogP contribution in [0.2, 0.25) is 0 Å². The molecule has 0 aliphatic heterocycles. The van der Waals surface area contributed by atoms with Crippen molar-refractivity contribution < 1.29 is 18.8 Å². The van der Waals surface area contributed by atoms with E-state index in [1.54, 1.807) is 30.3 Å². The number of halogens is 2. The number of benzene rings is 2. The molecule has 0 saturated heterocycles. The third kappa shape index (κ3) is 5.67. The first-order valence-electron chi connectivity index (χ1n) is 8.53. The highest BCUT2D eigenvalue weighted by molar-refractivity contribution is 9.10. The number of pyridine rings is 1. The lowest BCUT2D eigenvalue weighted by Gasteiger charge is -2.09. The normalized spacial score (nSPS) is 10.7. The minimum absolute atomic E-state index is 0.00321. The molecule has 3 aromatic rings. The van der Waals surface area contributed by atoms with Gasteiger partial charge in [0.25, 0.3) is 11.6 Å². The van der Waals surface area contributed by atoms with Gasteiger partial charge in [0.15, 0.2) is 0 Å². The summed E-state index contributed by atoms with van der Waals surface area (Å²) in [6.07, 6.45) is 2.43. The van der Waals surface area contributed by atoms with Crippen molar-refractivity contribution in [3.63, 3.8) is 0 Å². The summed E-state index contributed by atoms with van der Waals surface area (Å²) in [4.78, 5) is 25.7. The van der Waals surface area contributed by atoms with Crippen LogP contribution in [0.3, 0.4) is 0 Å². The van der Waals surface area contributed by atoms with E-state index in [0.29, 0.717) is 15.8 Å². The SMILES string of the molecule is O=C(N/N=C/c1ccc(OCc2ccc(F)cc2)c(Br)c1)c1ccc([N+](=O)[O-])cn1. The molecule has 0 aliphatic carbocycles. The number of amides is 1. The van der Waals surface area contributed by atoms with Gasteiger partial charge in [0.05, 0.1) is 15.6 Å². The van der Waals surface area contributed by atoms with Crippen LogP contribution >= 0.6 is 15.9 Å². The van der Waals surface area contributed by atoms with Gasteiger partial charge in [0, 0.05) is 6.07 Å². The van der Waals surface area contributed by atoms with Crippen LogP contribution in [0.1, 0.15) is 21.6 Å². The largest absolute Gasteiger partial charge is 0.488 e. The summed E-state index contributed by atoms with van der Waals surface area (Å²) in [6.45, 7) is 0.282. The maximum Gasteiger partial charge on any atom is 0.289 e. The van der Waals surface area contributed by atoms with E-state index < -0.39 is 10.8 Å². The quantitative estimate of drug-likeness (QED) is 0.314. The Morgan fingerprint density at radius 1 is 1.23 bits per heavy atom. The molecule has 8 nitrogen and oxygen atoms in total. The van der Waals surface area contributed by atoms with E-state index in [0.717, 1.165) is 11.8 Å². The zero-order chi connectivity index (χ0) is 21.5. The number of nitro groups is 1. The average Bonchev–Trinajstić information content (AvgIpc) is 2.74. The van der Waals surface area contributed by atoms with Gasteiger partial charge in [-0.2, -0.15) is 5.10 Å². The van der Waals surface area contributed by atoms with Gasteiger partial charge in [-0.15, -0.1) is 0 Å². The zero-order valence-corrected chi connectivity index (χ0v) is 16.9. The molecule has 2 aromatic carbocycles. The van der Waals surface area contributed by atoms with Crippen LogP contribution in [0.25, 0.3) is 0 Å². The van der Waals surface area contributed by atoms with E-state index in [2.05, 4.69) is 31.4 Å². The molecule has 10 heteroatoms. The Labute approximate surface area is 178 Å². The van der Waals surface area contributed by atoms with E-state index >= 15 is 0 Å². The molecular weight excluding hydrogens is 459 g/mol. The summed E-state index contributed by atoms with van der Waals surface area (Å²) in [5, 5.41) is 14.5. The molecule has 0 radical (unpaired) electrons. The molecule has 152 valence electrons. The molecule has 30 heavy (non-hydrogen) atoms. The molecule has 0 spiro atoms. The molecule has 1 amide bonds. The van der Waals surface area contributed by atoms with Crippen molar-refractivity contribution in [3.05, 3.63) is 98.0 Å². The Bertz CT molecular complexity index is 1090. The van der Waals surface area contributed by atoms with Crippen molar-refractivity contribution in [1.29, 1.82) is 0 Å². The number of nitrogens with one attached hydrogen (secondary N) is 1. The number of carbonyl (C=O) groups excluding carboxylic acids is 1. The molecule has 1 N–H and O–H groups in total. The van der Waals surface area contributed by atoms with Gasteiger partial charge in [-0.05, 0) is 63.5 Å². The van der Waals surface area contributed by atoms with Gasteiger partial charge in [-0.25, -0.2) is 14.8 Å². The maximum atomic E-state index is 12.9. The summed E-state index contributed by atoms with van der Waals surface area (Å²) < 4.78 is 19.3. The molecule has 0 aliphatic rings. The number of hydrogen-bond donors (Lipinski definition) is 1. The summed E-state index contributed by atoms with van der Waals surface area (Å²) in [7, 11) is 0. The number of nitrogens with zero attached hydrogens (tertiary/aromatic N) is 3. The van der Waals surface area contributed by atoms with Crippen LogP contribution in [-0.4, -0.2) is 22.0 Å². The summed E-state index contributed by atoms with van der Waals surface area (Å²) in [6, 6.07) is 13.7. The topological polar surface area (TPSA) is 107 Å². The lowest BCUT2D eigenvalue weighted by Crippen LogP contribution is -2.18. The summed E-state index contributed by atoms with van der Waals surface area (Å²) >= 11 is 3.41. The van der Waals surface area contributed by atoms with E-state index in [1.165, 1.54) is 30.5 Å². The first kappa shape index (κ1) is 21.1. The predicted octanol–water partition coefficient (Wildman–Crippen LogP) is 4.23. The van der Waals surface area contributed by atoms with Crippen LogP contribution in [0, 0.1) is 15.9 Å². The van der Waals surface area contributed by atoms with Gasteiger partial charge in [0.2, 0.25) is 0 Å². The van der Waals surface area contributed by atoms with E-state index in [4.69, 9.17) is 4.74 Å². The van der Waals surface area contributed by atoms with Crippen LogP contribution in [-0.2, 0) is 6.61 Å². The fourth-order valence-electron chi connectivity index (χ4n) is 2.31. The highest BCUT2D eigenvalue weighted by Gasteiger charge is 2.10. The Hall–Kier alpha value is -3.66. The van der Waals surface area contributed by atoms with Crippen molar-refractivity contribution in [2.24, 2.45) is 5.10 Å². The molecule has 1 heterocycles. The van der Waals surface area contributed by atoms with Gasteiger partial charge in [0.1, 0.15) is 30.1 Å². The first-order valence-corrected chi connectivity index (χ1v) is 9.32. The minimum atomic E-state index is -0.599.